The molecule has 0 aliphatic rings. The van der Waals surface area contributed by atoms with Crippen LogP contribution in [-0.4, -0.2) is 15.7 Å². The quantitative estimate of drug-likeness (QED) is 0.558. The Morgan fingerprint density at radius 3 is 2.75 bits per heavy atom. The van der Waals surface area contributed by atoms with Crippen molar-refractivity contribution >= 4 is 45.1 Å². The highest BCUT2D eigenvalue weighted by Crippen LogP contribution is 2.30. The molecule has 2 aromatic heterocycles. The molecule has 0 aromatic carbocycles. The minimum Gasteiger partial charge on any atom is -0.337 e. The maximum absolute atomic E-state index is 12.3. The van der Waals surface area contributed by atoms with Gasteiger partial charge in [-0.25, -0.2) is 4.98 Å². The van der Waals surface area contributed by atoms with E-state index in [0.717, 1.165) is 4.57 Å². The van der Waals surface area contributed by atoms with Gasteiger partial charge in [0.25, 0.3) is 0 Å². The van der Waals surface area contributed by atoms with Gasteiger partial charge in [-0.1, -0.05) is 11.6 Å². The summed E-state index contributed by atoms with van der Waals surface area (Å²) in [6.45, 7) is -1.02. The number of hydrogen-bond donors (Lipinski definition) is 0. The highest BCUT2D eigenvalue weighted by atomic mass is 127. The summed E-state index contributed by atoms with van der Waals surface area (Å²) in [5.41, 5.74) is 0.446. The van der Waals surface area contributed by atoms with E-state index < -0.39 is 12.7 Å². The number of pyridine rings is 1. The second-order valence-corrected chi connectivity index (χ2v) is 4.74. The van der Waals surface area contributed by atoms with Crippen molar-refractivity contribution < 1.29 is 13.2 Å². The van der Waals surface area contributed by atoms with Gasteiger partial charge in [0.2, 0.25) is 0 Å². The van der Waals surface area contributed by atoms with Crippen LogP contribution in [0.2, 0.25) is 5.15 Å². The maximum Gasteiger partial charge on any atom is 0.406 e. The van der Waals surface area contributed by atoms with Crippen molar-refractivity contribution in [2.24, 2.45) is 0 Å². The Kier molecular flexibility index (Phi) is 3.04. The van der Waals surface area contributed by atoms with Crippen LogP contribution in [-0.2, 0) is 6.54 Å². The maximum atomic E-state index is 12.3. The van der Waals surface area contributed by atoms with E-state index in [1.807, 2.05) is 22.6 Å². The zero-order valence-corrected chi connectivity index (χ0v) is 10.6. The summed E-state index contributed by atoms with van der Waals surface area (Å²) in [5, 5.41) is 0.789. The fraction of sp³-hybridized carbons (Fsp3) is 0.222. The SMILES string of the molecule is FC(F)(F)Cn1cc(I)c2c(Cl)nccc21. The Morgan fingerprint density at radius 1 is 1.44 bits per heavy atom. The van der Waals surface area contributed by atoms with E-state index in [1.54, 1.807) is 0 Å². The molecular weight excluding hydrogens is 355 g/mol. The normalized spacial score (nSPS) is 12.3. The van der Waals surface area contributed by atoms with E-state index in [9.17, 15) is 13.2 Å². The Bertz CT molecular complexity index is 535. The molecule has 0 aliphatic carbocycles. The molecule has 0 N–H and O–H groups in total. The highest BCUT2D eigenvalue weighted by molar-refractivity contribution is 14.1. The summed E-state index contributed by atoms with van der Waals surface area (Å²) in [4.78, 5) is 3.84. The molecule has 86 valence electrons. The summed E-state index contributed by atoms with van der Waals surface area (Å²) in [7, 11) is 0. The molecule has 16 heavy (non-hydrogen) atoms. The molecule has 2 aromatic rings. The zero-order chi connectivity index (χ0) is 11.9. The minimum atomic E-state index is -4.25. The van der Waals surface area contributed by atoms with Crippen LogP contribution in [0, 0.1) is 3.57 Å². The van der Waals surface area contributed by atoms with Crippen molar-refractivity contribution in [2.45, 2.75) is 12.7 Å². The van der Waals surface area contributed by atoms with Crippen molar-refractivity contribution in [2.75, 3.05) is 0 Å². The van der Waals surface area contributed by atoms with Crippen molar-refractivity contribution in [1.82, 2.24) is 9.55 Å². The van der Waals surface area contributed by atoms with Crippen molar-refractivity contribution in [3.8, 4) is 0 Å². The zero-order valence-electron chi connectivity index (χ0n) is 7.72. The smallest absolute Gasteiger partial charge is 0.337 e. The van der Waals surface area contributed by atoms with Crippen LogP contribution < -0.4 is 0 Å². The number of nitrogens with zero attached hydrogens (tertiary/aromatic N) is 2. The Hall–Kier alpha value is -0.500. The van der Waals surface area contributed by atoms with Crippen LogP contribution >= 0.6 is 34.2 Å². The Labute approximate surface area is 108 Å². The monoisotopic (exact) mass is 360 g/mol. The number of hydrogen-bond acceptors (Lipinski definition) is 1. The molecule has 2 rings (SSSR count). The molecule has 7 heteroatoms. The lowest BCUT2D eigenvalue weighted by atomic mass is 10.3. The van der Waals surface area contributed by atoms with Crippen molar-refractivity contribution in [3.05, 3.63) is 27.2 Å². The van der Waals surface area contributed by atoms with E-state index in [-0.39, 0.29) is 5.15 Å². The van der Waals surface area contributed by atoms with Gasteiger partial charge in [-0.2, -0.15) is 13.2 Å². The van der Waals surface area contributed by atoms with Gasteiger partial charge in [-0.15, -0.1) is 0 Å². The lowest BCUT2D eigenvalue weighted by Gasteiger charge is -2.08. The number of rotatable bonds is 1. The summed E-state index contributed by atoms with van der Waals surface area (Å²) in [5.74, 6) is 0. The summed E-state index contributed by atoms with van der Waals surface area (Å²) in [6.07, 6.45) is -1.43. The van der Waals surface area contributed by atoms with Crippen LogP contribution in [0.25, 0.3) is 10.9 Å². The van der Waals surface area contributed by atoms with Crippen molar-refractivity contribution in [3.63, 3.8) is 0 Å². The molecule has 0 spiro atoms. The van der Waals surface area contributed by atoms with Crippen LogP contribution in [0.1, 0.15) is 0 Å². The fourth-order valence-corrected chi connectivity index (χ4v) is 2.76. The molecule has 0 amide bonds. The standard InChI is InChI=1S/C9H5ClF3IN2/c10-8-7-5(14)3-16(4-9(11,12)13)6(7)1-2-15-8/h1-3H,4H2. The molecule has 0 saturated heterocycles. The molecule has 2 heterocycles. The summed E-state index contributed by atoms with van der Waals surface area (Å²) in [6, 6.07) is 1.52. The Balaban J connectivity index is 2.60. The lowest BCUT2D eigenvalue weighted by Crippen LogP contribution is -2.16. The van der Waals surface area contributed by atoms with Crippen LogP contribution in [0.5, 0.6) is 0 Å². The van der Waals surface area contributed by atoms with Crippen LogP contribution in [0.3, 0.4) is 0 Å². The molecule has 2 nitrogen and oxygen atoms in total. The number of fused-ring (bicyclic) bond motifs is 1. The first kappa shape index (κ1) is 12.0. The molecule has 0 radical (unpaired) electrons. The molecule has 0 atom stereocenters. The molecule has 0 fully saturated rings. The average molecular weight is 361 g/mol. The van der Waals surface area contributed by atoms with Gasteiger partial charge in [0, 0.05) is 16.0 Å². The third-order valence-corrected chi connectivity index (χ3v) is 3.15. The first-order chi connectivity index (χ1) is 7.38. The third kappa shape index (κ3) is 2.27. The van der Waals surface area contributed by atoms with Crippen molar-refractivity contribution in [1.29, 1.82) is 0 Å². The second kappa shape index (κ2) is 4.06. The van der Waals surface area contributed by atoms with E-state index in [0.29, 0.717) is 14.5 Å². The van der Waals surface area contributed by atoms with Crippen LogP contribution in [0.15, 0.2) is 18.5 Å². The van der Waals surface area contributed by atoms with Gasteiger partial charge in [0.05, 0.1) is 10.9 Å². The molecule has 0 unspecified atom stereocenters. The van der Waals surface area contributed by atoms with Gasteiger partial charge in [0.15, 0.2) is 0 Å². The van der Waals surface area contributed by atoms with Gasteiger partial charge in [-0.3, -0.25) is 0 Å². The Morgan fingerprint density at radius 2 is 2.12 bits per heavy atom. The van der Waals surface area contributed by atoms with Crippen LogP contribution in [0.4, 0.5) is 13.2 Å². The van der Waals surface area contributed by atoms with Gasteiger partial charge in [0.1, 0.15) is 11.7 Å². The molecule has 0 bridgehead atoms. The second-order valence-electron chi connectivity index (χ2n) is 3.22. The van der Waals surface area contributed by atoms with Gasteiger partial charge < -0.3 is 4.57 Å². The number of aromatic nitrogens is 2. The first-order valence-corrected chi connectivity index (χ1v) is 5.70. The molecule has 0 aliphatic heterocycles. The molecule has 0 saturated carbocycles. The minimum absolute atomic E-state index is 0.225. The summed E-state index contributed by atoms with van der Waals surface area (Å²) >= 11 is 7.78. The van der Waals surface area contributed by atoms with E-state index >= 15 is 0 Å². The summed E-state index contributed by atoms with van der Waals surface area (Å²) < 4.78 is 38.7. The fourth-order valence-electron chi connectivity index (χ4n) is 1.48. The van der Waals surface area contributed by atoms with Gasteiger partial charge in [-0.05, 0) is 28.7 Å². The largest absolute Gasteiger partial charge is 0.406 e. The highest BCUT2D eigenvalue weighted by Gasteiger charge is 2.29. The predicted octanol–water partition coefficient (Wildman–Crippen LogP) is 3.86. The van der Waals surface area contributed by atoms with E-state index in [2.05, 4.69) is 4.98 Å². The number of halogens is 5. The van der Waals surface area contributed by atoms with E-state index in [1.165, 1.54) is 18.5 Å². The average Bonchev–Trinajstić information content (AvgIpc) is 2.42. The predicted molar refractivity (Wildman–Crippen MR) is 63.5 cm³/mol. The topological polar surface area (TPSA) is 17.8 Å². The van der Waals surface area contributed by atoms with Gasteiger partial charge >= 0.3 is 6.18 Å². The van der Waals surface area contributed by atoms with E-state index in [4.69, 9.17) is 11.6 Å². The number of alkyl halides is 3. The third-order valence-electron chi connectivity index (χ3n) is 2.05. The lowest BCUT2D eigenvalue weighted by molar-refractivity contribution is -0.139. The molecular formula is C9H5ClF3IN2. The first-order valence-electron chi connectivity index (χ1n) is 4.24.